The maximum atomic E-state index is 11.7. The number of anilines is 3. The molecule has 1 aliphatic rings. The Bertz CT molecular complexity index is 1120. The minimum Gasteiger partial charge on any atom is -0.452 e. The highest BCUT2D eigenvalue weighted by atomic mass is 35.5. The number of ether oxygens (including phenoxy) is 1. The van der Waals surface area contributed by atoms with E-state index < -0.39 is 5.41 Å². The molecule has 6 nitrogen and oxygen atoms in total. The Hall–Kier alpha value is -2.83. The summed E-state index contributed by atoms with van der Waals surface area (Å²) >= 11 is 12.7. The number of amides is 1. The fraction of sp³-hybridized carbons (Fsp3) is 0.190. The van der Waals surface area contributed by atoms with Crippen molar-refractivity contribution in [1.29, 1.82) is 0 Å². The van der Waals surface area contributed by atoms with E-state index in [1.165, 1.54) is 6.92 Å². The third-order valence-electron chi connectivity index (χ3n) is 4.78. The molecule has 0 saturated carbocycles. The first kappa shape index (κ1) is 19.5. The van der Waals surface area contributed by atoms with Crippen molar-refractivity contribution in [3.63, 3.8) is 0 Å². The van der Waals surface area contributed by atoms with E-state index in [0.29, 0.717) is 38.9 Å². The third-order valence-corrected chi connectivity index (χ3v) is 5.22. The first-order valence-corrected chi connectivity index (χ1v) is 9.69. The molecule has 0 spiro atoms. The van der Waals surface area contributed by atoms with Crippen molar-refractivity contribution in [2.24, 2.45) is 0 Å². The number of nitrogens with one attached hydrogen (secondary N) is 2. The molecular weight excluding hydrogens is 411 g/mol. The molecule has 2 aromatic carbocycles. The van der Waals surface area contributed by atoms with E-state index in [2.05, 4.69) is 34.4 Å². The van der Waals surface area contributed by atoms with Crippen LogP contribution < -0.4 is 15.4 Å². The average molecular weight is 429 g/mol. The number of hydrogen-bond donors (Lipinski definition) is 2. The first-order valence-electron chi connectivity index (χ1n) is 8.93. The van der Waals surface area contributed by atoms with Crippen molar-refractivity contribution >= 4 is 46.4 Å². The molecule has 1 aromatic heterocycles. The van der Waals surface area contributed by atoms with Crippen LogP contribution in [0.2, 0.25) is 10.0 Å². The lowest BCUT2D eigenvalue weighted by Crippen LogP contribution is -2.26. The molecule has 0 radical (unpaired) electrons. The number of fused-ring (bicyclic) bond motifs is 2. The number of benzene rings is 2. The lowest BCUT2D eigenvalue weighted by molar-refractivity contribution is -0.114. The van der Waals surface area contributed by atoms with Crippen LogP contribution in [0.1, 0.15) is 31.9 Å². The summed E-state index contributed by atoms with van der Waals surface area (Å²) < 4.78 is 6.31. The largest absolute Gasteiger partial charge is 0.452 e. The number of carbonyl (C=O) groups excluding carboxylic acids is 1. The van der Waals surface area contributed by atoms with Crippen LogP contribution in [-0.4, -0.2) is 15.9 Å². The van der Waals surface area contributed by atoms with Gasteiger partial charge in [-0.15, -0.1) is 0 Å². The Morgan fingerprint density at radius 1 is 0.966 bits per heavy atom. The molecule has 2 N–H and O–H groups in total. The second kappa shape index (κ2) is 7.21. The molecule has 4 rings (SSSR count). The molecular formula is C21H18Cl2N4O2. The zero-order chi connectivity index (χ0) is 20.8. The Labute approximate surface area is 178 Å². The number of aromatic nitrogens is 2. The molecule has 8 heteroatoms. The van der Waals surface area contributed by atoms with E-state index in [9.17, 15) is 4.79 Å². The van der Waals surface area contributed by atoms with Crippen LogP contribution >= 0.6 is 23.2 Å². The standard InChI is InChI=1S/C21H18Cl2N4O2/c1-11(28)26-16-9-12(22)7-14-18(16)29-19-15(21(14,2)3)8-13(23)10-17(19)27-20-24-5-4-6-25-20/h4-10H,1-3H3,(H,26,28)(H,24,25,27). The Morgan fingerprint density at radius 3 is 2.10 bits per heavy atom. The number of carbonyl (C=O) groups is 1. The minimum absolute atomic E-state index is 0.214. The Kier molecular flexibility index (Phi) is 4.84. The highest BCUT2D eigenvalue weighted by Gasteiger charge is 2.38. The van der Waals surface area contributed by atoms with Gasteiger partial charge in [-0.2, -0.15) is 0 Å². The maximum Gasteiger partial charge on any atom is 0.227 e. The van der Waals surface area contributed by atoms with Crippen LogP contribution in [0.5, 0.6) is 11.5 Å². The van der Waals surface area contributed by atoms with Crippen LogP contribution in [0.25, 0.3) is 0 Å². The lowest BCUT2D eigenvalue weighted by Gasteiger charge is -2.36. The lowest BCUT2D eigenvalue weighted by atomic mass is 9.75. The normalized spacial score (nSPS) is 13.7. The zero-order valence-corrected chi connectivity index (χ0v) is 17.5. The highest BCUT2D eigenvalue weighted by molar-refractivity contribution is 6.31. The van der Waals surface area contributed by atoms with Gasteiger partial charge in [-0.1, -0.05) is 37.0 Å². The van der Waals surface area contributed by atoms with Gasteiger partial charge < -0.3 is 15.4 Å². The monoisotopic (exact) mass is 428 g/mol. The third kappa shape index (κ3) is 3.61. The van der Waals surface area contributed by atoms with Gasteiger partial charge in [-0.3, -0.25) is 4.79 Å². The van der Waals surface area contributed by atoms with Crippen molar-refractivity contribution in [3.8, 4) is 11.5 Å². The van der Waals surface area contributed by atoms with Gasteiger partial charge >= 0.3 is 0 Å². The molecule has 0 unspecified atom stereocenters. The first-order chi connectivity index (χ1) is 13.8. The molecule has 0 aliphatic carbocycles. The summed E-state index contributed by atoms with van der Waals surface area (Å²) in [6.07, 6.45) is 3.28. The van der Waals surface area contributed by atoms with Gasteiger partial charge in [-0.05, 0) is 30.3 Å². The van der Waals surface area contributed by atoms with Gasteiger partial charge in [0, 0.05) is 45.9 Å². The summed E-state index contributed by atoms with van der Waals surface area (Å²) in [4.78, 5) is 20.1. The van der Waals surface area contributed by atoms with E-state index in [1.807, 2.05) is 12.1 Å². The van der Waals surface area contributed by atoms with E-state index >= 15 is 0 Å². The average Bonchev–Trinajstić information content (AvgIpc) is 2.64. The summed E-state index contributed by atoms with van der Waals surface area (Å²) in [7, 11) is 0. The van der Waals surface area contributed by atoms with Crippen molar-refractivity contribution in [2.45, 2.75) is 26.2 Å². The Balaban J connectivity index is 1.90. The number of hydrogen-bond acceptors (Lipinski definition) is 5. The quantitative estimate of drug-likeness (QED) is 0.541. The van der Waals surface area contributed by atoms with Gasteiger partial charge in [-0.25, -0.2) is 9.97 Å². The van der Waals surface area contributed by atoms with Crippen LogP contribution in [0.3, 0.4) is 0 Å². The SMILES string of the molecule is CC(=O)Nc1cc(Cl)cc2c1Oc1c(Nc3ncccn3)cc(Cl)cc1C2(C)C. The fourth-order valence-electron chi connectivity index (χ4n) is 3.44. The molecule has 0 bridgehead atoms. The molecule has 2 heterocycles. The van der Waals surface area contributed by atoms with Gasteiger partial charge in [0.15, 0.2) is 11.5 Å². The van der Waals surface area contributed by atoms with Gasteiger partial charge in [0.05, 0.1) is 11.4 Å². The molecule has 0 atom stereocenters. The number of rotatable bonds is 3. The van der Waals surface area contributed by atoms with E-state index in [-0.39, 0.29) is 5.91 Å². The summed E-state index contributed by atoms with van der Waals surface area (Å²) in [6.45, 7) is 5.55. The van der Waals surface area contributed by atoms with Gasteiger partial charge in [0.2, 0.25) is 11.9 Å². The molecule has 148 valence electrons. The number of halogens is 2. The minimum atomic E-state index is -0.486. The van der Waals surface area contributed by atoms with Crippen LogP contribution in [-0.2, 0) is 10.2 Å². The predicted molar refractivity (Wildman–Crippen MR) is 115 cm³/mol. The van der Waals surface area contributed by atoms with E-state index in [1.54, 1.807) is 30.6 Å². The van der Waals surface area contributed by atoms with Crippen molar-refractivity contribution in [2.75, 3.05) is 10.6 Å². The topological polar surface area (TPSA) is 76.1 Å². The van der Waals surface area contributed by atoms with E-state index in [0.717, 1.165) is 11.1 Å². The second-order valence-corrected chi connectivity index (χ2v) is 8.14. The second-order valence-electron chi connectivity index (χ2n) is 7.27. The summed E-state index contributed by atoms with van der Waals surface area (Å²) in [5, 5.41) is 7.02. The number of nitrogens with zero attached hydrogens (tertiary/aromatic N) is 2. The van der Waals surface area contributed by atoms with E-state index in [4.69, 9.17) is 27.9 Å². The molecule has 1 aliphatic heterocycles. The fourth-order valence-corrected chi connectivity index (χ4v) is 3.88. The molecule has 1 amide bonds. The molecule has 3 aromatic rings. The maximum absolute atomic E-state index is 11.7. The van der Waals surface area contributed by atoms with Crippen molar-refractivity contribution in [1.82, 2.24) is 9.97 Å². The Morgan fingerprint density at radius 2 is 1.52 bits per heavy atom. The molecule has 0 fully saturated rings. The zero-order valence-electron chi connectivity index (χ0n) is 16.0. The summed E-state index contributed by atoms with van der Waals surface area (Å²) in [6, 6.07) is 8.88. The molecule has 0 saturated heterocycles. The van der Waals surface area contributed by atoms with Gasteiger partial charge in [0.25, 0.3) is 0 Å². The van der Waals surface area contributed by atoms with Crippen molar-refractivity contribution < 1.29 is 9.53 Å². The van der Waals surface area contributed by atoms with Crippen molar-refractivity contribution in [3.05, 3.63) is 63.9 Å². The predicted octanol–water partition coefficient (Wildman–Crippen LogP) is 5.92. The molecule has 29 heavy (non-hydrogen) atoms. The summed E-state index contributed by atoms with van der Waals surface area (Å²) in [5.41, 5.74) is 2.38. The summed E-state index contributed by atoms with van der Waals surface area (Å²) in [5.74, 6) is 1.34. The van der Waals surface area contributed by atoms with Crippen LogP contribution in [0, 0.1) is 0 Å². The van der Waals surface area contributed by atoms with Gasteiger partial charge in [0.1, 0.15) is 0 Å². The van der Waals surface area contributed by atoms with Crippen LogP contribution in [0.15, 0.2) is 42.7 Å². The van der Waals surface area contributed by atoms with Crippen LogP contribution in [0.4, 0.5) is 17.3 Å². The smallest absolute Gasteiger partial charge is 0.227 e. The highest BCUT2D eigenvalue weighted by Crippen LogP contribution is 2.54.